The molecule has 0 saturated carbocycles. The van der Waals surface area contributed by atoms with Gasteiger partial charge in [-0.2, -0.15) is 0 Å². The molecule has 2 N–H and O–H groups in total. The van der Waals surface area contributed by atoms with Gasteiger partial charge in [0.25, 0.3) is 0 Å². The van der Waals surface area contributed by atoms with Crippen LogP contribution in [0.1, 0.15) is 30.4 Å². The Kier molecular flexibility index (Phi) is 6.64. The lowest BCUT2D eigenvalue weighted by atomic mass is 9.74. The minimum Gasteiger partial charge on any atom is -0.369 e. The number of benzene rings is 2. The molecule has 0 spiro atoms. The van der Waals surface area contributed by atoms with E-state index in [4.69, 9.17) is 5.73 Å². The summed E-state index contributed by atoms with van der Waals surface area (Å²) < 4.78 is 0. The van der Waals surface area contributed by atoms with E-state index in [0.29, 0.717) is 38.8 Å². The first-order valence-corrected chi connectivity index (χ1v) is 11.2. The third-order valence-corrected chi connectivity index (χ3v) is 6.41. The van der Waals surface area contributed by atoms with Crippen molar-refractivity contribution in [3.63, 3.8) is 0 Å². The SMILES string of the molecule is NC(=O)[C@]1(Cc2ccc(-c3cccnc3)cc2)CCCN(C(=O)CCc2ccccc2)C1. The Morgan fingerprint density at radius 1 is 0.938 bits per heavy atom. The number of aromatic nitrogens is 1. The summed E-state index contributed by atoms with van der Waals surface area (Å²) in [4.78, 5) is 31.5. The van der Waals surface area contributed by atoms with E-state index in [1.54, 1.807) is 6.20 Å². The van der Waals surface area contributed by atoms with E-state index in [0.717, 1.165) is 28.7 Å². The van der Waals surface area contributed by atoms with Crippen LogP contribution in [0.4, 0.5) is 0 Å². The van der Waals surface area contributed by atoms with Crippen molar-refractivity contribution in [1.29, 1.82) is 0 Å². The number of piperidine rings is 1. The Labute approximate surface area is 189 Å². The Bertz CT molecular complexity index is 1050. The molecule has 4 rings (SSSR count). The predicted octanol–water partition coefficient (Wildman–Crippen LogP) is 4.02. The van der Waals surface area contributed by atoms with Crippen molar-refractivity contribution >= 4 is 11.8 Å². The van der Waals surface area contributed by atoms with Gasteiger partial charge >= 0.3 is 0 Å². The number of primary amides is 1. The zero-order valence-corrected chi connectivity index (χ0v) is 18.2. The third kappa shape index (κ3) is 5.05. The lowest BCUT2D eigenvalue weighted by Crippen LogP contribution is -2.53. The first-order valence-electron chi connectivity index (χ1n) is 11.2. The summed E-state index contributed by atoms with van der Waals surface area (Å²) in [6, 6.07) is 22.1. The molecule has 32 heavy (non-hydrogen) atoms. The average molecular weight is 428 g/mol. The van der Waals surface area contributed by atoms with Gasteiger partial charge in [0, 0.05) is 31.9 Å². The van der Waals surface area contributed by atoms with Gasteiger partial charge in [-0.25, -0.2) is 0 Å². The summed E-state index contributed by atoms with van der Waals surface area (Å²) in [5.74, 6) is -0.236. The second-order valence-electron chi connectivity index (χ2n) is 8.66. The Morgan fingerprint density at radius 3 is 2.41 bits per heavy atom. The second-order valence-corrected chi connectivity index (χ2v) is 8.66. The minimum atomic E-state index is -0.726. The zero-order chi connectivity index (χ0) is 22.4. The Morgan fingerprint density at radius 2 is 1.72 bits per heavy atom. The zero-order valence-electron chi connectivity index (χ0n) is 18.2. The number of nitrogens with two attached hydrogens (primary N) is 1. The monoisotopic (exact) mass is 427 g/mol. The number of amides is 2. The fourth-order valence-corrected chi connectivity index (χ4v) is 4.57. The van der Waals surface area contributed by atoms with E-state index < -0.39 is 5.41 Å². The highest BCUT2D eigenvalue weighted by Crippen LogP contribution is 2.34. The van der Waals surface area contributed by atoms with Crippen LogP contribution in [0.5, 0.6) is 0 Å². The number of carbonyl (C=O) groups excluding carboxylic acids is 2. The molecule has 0 bridgehead atoms. The fraction of sp³-hybridized carbons (Fsp3) is 0.296. The largest absolute Gasteiger partial charge is 0.369 e. The predicted molar refractivity (Wildman–Crippen MR) is 126 cm³/mol. The van der Waals surface area contributed by atoms with Crippen LogP contribution in [0.25, 0.3) is 11.1 Å². The number of aryl methyl sites for hydroxylation is 1. The van der Waals surface area contributed by atoms with E-state index in [-0.39, 0.29) is 11.8 Å². The molecule has 1 fully saturated rings. The third-order valence-electron chi connectivity index (χ3n) is 6.41. The molecule has 0 radical (unpaired) electrons. The summed E-state index contributed by atoms with van der Waals surface area (Å²) in [6.07, 6.45) is 6.76. The van der Waals surface area contributed by atoms with Gasteiger partial charge in [0.15, 0.2) is 0 Å². The number of carbonyl (C=O) groups is 2. The van der Waals surface area contributed by atoms with Crippen molar-refractivity contribution in [2.75, 3.05) is 13.1 Å². The van der Waals surface area contributed by atoms with Crippen LogP contribution in [-0.2, 0) is 22.4 Å². The van der Waals surface area contributed by atoms with Gasteiger partial charge in [0.05, 0.1) is 5.41 Å². The van der Waals surface area contributed by atoms with Crippen molar-refractivity contribution in [3.8, 4) is 11.1 Å². The summed E-state index contributed by atoms with van der Waals surface area (Å²) in [5.41, 5.74) is 9.52. The van der Waals surface area contributed by atoms with Gasteiger partial charge in [-0.3, -0.25) is 14.6 Å². The number of hydrogen-bond donors (Lipinski definition) is 1. The average Bonchev–Trinajstić information content (AvgIpc) is 2.84. The van der Waals surface area contributed by atoms with E-state index in [2.05, 4.69) is 4.98 Å². The van der Waals surface area contributed by atoms with Crippen LogP contribution in [0, 0.1) is 5.41 Å². The molecule has 3 aromatic rings. The second kappa shape index (κ2) is 9.77. The molecule has 0 aliphatic carbocycles. The first-order chi connectivity index (χ1) is 15.6. The number of likely N-dealkylation sites (tertiary alicyclic amines) is 1. The molecule has 1 aliphatic rings. The number of pyridine rings is 1. The van der Waals surface area contributed by atoms with E-state index in [1.807, 2.05) is 77.8 Å². The summed E-state index contributed by atoms with van der Waals surface area (Å²) in [7, 11) is 0. The Balaban J connectivity index is 1.44. The maximum atomic E-state index is 12.9. The molecule has 1 atom stereocenters. The molecule has 164 valence electrons. The first kappa shape index (κ1) is 21.8. The van der Waals surface area contributed by atoms with E-state index in [1.165, 1.54) is 0 Å². The van der Waals surface area contributed by atoms with Crippen LogP contribution in [0.3, 0.4) is 0 Å². The summed E-state index contributed by atoms with van der Waals surface area (Å²) in [5, 5.41) is 0. The lowest BCUT2D eigenvalue weighted by Gasteiger charge is -2.41. The molecule has 1 aromatic heterocycles. The highest BCUT2D eigenvalue weighted by molar-refractivity contribution is 5.83. The highest BCUT2D eigenvalue weighted by atomic mass is 16.2. The summed E-state index contributed by atoms with van der Waals surface area (Å²) in [6.45, 7) is 1.07. The van der Waals surface area contributed by atoms with Crippen molar-refractivity contribution in [2.45, 2.75) is 32.1 Å². The molecular formula is C27H29N3O2. The van der Waals surface area contributed by atoms with Gasteiger partial charge in [0.2, 0.25) is 11.8 Å². The maximum Gasteiger partial charge on any atom is 0.225 e. The maximum absolute atomic E-state index is 12.9. The molecule has 1 saturated heterocycles. The molecule has 2 aromatic carbocycles. The van der Waals surface area contributed by atoms with Crippen LogP contribution >= 0.6 is 0 Å². The van der Waals surface area contributed by atoms with Crippen molar-refractivity contribution in [1.82, 2.24) is 9.88 Å². The van der Waals surface area contributed by atoms with Gasteiger partial charge in [0.1, 0.15) is 0 Å². The molecule has 2 heterocycles. The van der Waals surface area contributed by atoms with Gasteiger partial charge in [-0.1, -0.05) is 60.7 Å². The Hall–Kier alpha value is -3.47. The van der Waals surface area contributed by atoms with E-state index in [9.17, 15) is 9.59 Å². The van der Waals surface area contributed by atoms with E-state index >= 15 is 0 Å². The minimum absolute atomic E-state index is 0.0890. The lowest BCUT2D eigenvalue weighted by molar-refractivity contribution is -0.139. The molecule has 5 nitrogen and oxygen atoms in total. The van der Waals surface area contributed by atoms with Crippen LogP contribution in [0.15, 0.2) is 79.1 Å². The van der Waals surface area contributed by atoms with Crippen molar-refractivity contribution in [3.05, 3.63) is 90.3 Å². The topological polar surface area (TPSA) is 76.3 Å². The normalized spacial score (nSPS) is 18.3. The molecular weight excluding hydrogens is 398 g/mol. The van der Waals surface area contributed by atoms with Gasteiger partial charge in [-0.05, 0) is 54.0 Å². The molecule has 0 unspecified atom stereocenters. The van der Waals surface area contributed by atoms with Crippen LogP contribution in [0.2, 0.25) is 0 Å². The number of rotatable bonds is 7. The van der Waals surface area contributed by atoms with Gasteiger partial charge < -0.3 is 10.6 Å². The summed E-state index contributed by atoms with van der Waals surface area (Å²) >= 11 is 0. The fourth-order valence-electron chi connectivity index (χ4n) is 4.57. The van der Waals surface area contributed by atoms with Crippen LogP contribution < -0.4 is 5.73 Å². The van der Waals surface area contributed by atoms with Crippen molar-refractivity contribution in [2.24, 2.45) is 11.1 Å². The highest BCUT2D eigenvalue weighted by Gasteiger charge is 2.42. The molecule has 1 aliphatic heterocycles. The number of hydrogen-bond acceptors (Lipinski definition) is 3. The molecule has 5 heteroatoms. The van der Waals surface area contributed by atoms with Crippen LogP contribution in [-0.4, -0.2) is 34.8 Å². The molecule has 2 amide bonds. The quantitative estimate of drug-likeness (QED) is 0.619. The standard InChI is InChI=1S/C27H29N3O2/c28-26(32)27(18-22-9-12-23(13-10-22)24-8-4-16-29-19-24)15-5-17-30(20-27)25(31)14-11-21-6-2-1-3-7-21/h1-4,6-10,12-13,16,19H,5,11,14-15,17-18,20H2,(H2,28,32)/t27-/m0/s1. The smallest absolute Gasteiger partial charge is 0.225 e. The van der Waals surface area contributed by atoms with Crippen molar-refractivity contribution < 1.29 is 9.59 Å². The van der Waals surface area contributed by atoms with Gasteiger partial charge in [-0.15, -0.1) is 0 Å². The number of nitrogens with zero attached hydrogens (tertiary/aromatic N) is 2.